The SMILES string of the molecule is Cc1ccc(N2C(=O)[C@H]3[C@H](CC=C4[C@H]3C[C@@]3(Cl)C(=O)N(c5ccc(F)cc5)C(=O)[C@@]3(Cl)[C@H]4c3cc(OC(F)(F)F)ccc3O)C2=O)cc1Cl. The zero-order valence-corrected chi connectivity index (χ0v) is 27.4. The van der Waals surface area contributed by atoms with Gasteiger partial charge in [-0.1, -0.05) is 29.3 Å². The Labute approximate surface area is 290 Å². The number of hydrogen-bond acceptors (Lipinski definition) is 6. The van der Waals surface area contributed by atoms with Crippen LogP contribution in [0.2, 0.25) is 5.02 Å². The number of imide groups is 2. The van der Waals surface area contributed by atoms with Crippen molar-refractivity contribution in [3.63, 3.8) is 0 Å². The molecule has 3 fully saturated rings. The number of anilines is 2. The van der Waals surface area contributed by atoms with Crippen molar-refractivity contribution in [3.8, 4) is 11.5 Å². The van der Waals surface area contributed by atoms with Gasteiger partial charge < -0.3 is 9.84 Å². The van der Waals surface area contributed by atoms with E-state index in [1.165, 1.54) is 6.07 Å². The van der Waals surface area contributed by atoms with Crippen molar-refractivity contribution in [2.75, 3.05) is 9.80 Å². The average molecular weight is 738 g/mol. The Morgan fingerprint density at radius 1 is 0.878 bits per heavy atom. The number of aryl methyl sites for hydroxylation is 1. The van der Waals surface area contributed by atoms with E-state index in [1.54, 1.807) is 25.1 Å². The van der Waals surface area contributed by atoms with Crippen molar-refractivity contribution >= 4 is 69.8 Å². The highest BCUT2D eigenvalue weighted by Gasteiger charge is 2.77. The lowest BCUT2D eigenvalue weighted by molar-refractivity contribution is -0.274. The molecule has 0 spiro atoms. The quantitative estimate of drug-likeness (QED) is 0.132. The number of hydrogen-bond donors (Lipinski definition) is 1. The van der Waals surface area contributed by atoms with Crippen LogP contribution in [-0.2, 0) is 19.2 Å². The molecule has 8 nitrogen and oxygen atoms in total. The molecule has 0 radical (unpaired) electrons. The molecule has 2 heterocycles. The Hall–Kier alpha value is -4.13. The number of alkyl halides is 5. The Balaban J connectivity index is 1.41. The summed E-state index contributed by atoms with van der Waals surface area (Å²) in [6.07, 6.45) is -4.06. The van der Waals surface area contributed by atoms with Crippen LogP contribution in [0.1, 0.15) is 29.9 Å². The van der Waals surface area contributed by atoms with Gasteiger partial charge >= 0.3 is 6.36 Å². The number of allylic oxidation sites excluding steroid dienone is 2. The first-order valence-corrected chi connectivity index (χ1v) is 16.1. The summed E-state index contributed by atoms with van der Waals surface area (Å²) >= 11 is 20.8. The molecule has 2 aliphatic carbocycles. The van der Waals surface area contributed by atoms with Crippen LogP contribution in [0.3, 0.4) is 0 Å². The fourth-order valence-corrected chi connectivity index (χ4v) is 8.78. The largest absolute Gasteiger partial charge is 0.573 e. The number of carbonyl (C=O) groups excluding carboxylic acids is 4. The number of halogens is 7. The fraction of sp³-hybridized carbons (Fsp3) is 0.294. The van der Waals surface area contributed by atoms with Gasteiger partial charge in [-0.3, -0.25) is 19.2 Å². The Morgan fingerprint density at radius 3 is 2.20 bits per heavy atom. The zero-order valence-electron chi connectivity index (χ0n) is 25.1. The van der Waals surface area contributed by atoms with Crippen LogP contribution >= 0.6 is 34.8 Å². The topological polar surface area (TPSA) is 104 Å². The number of ether oxygens (including phenoxy) is 1. The number of fused-ring (bicyclic) bond motifs is 4. The van der Waals surface area contributed by atoms with Crippen LogP contribution < -0.4 is 14.5 Å². The highest BCUT2D eigenvalue weighted by Crippen LogP contribution is 2.66. The first kappa shape index (κ1) is 33.4. The summed E-state index contributed by atoms with van der Waals surface area (Å²) < 4.78 is 57.9. The van der Waals surface area contributed by atoms with E-state index < -0.39 is 87.1 Å². The smallest absolute Gasteiger partial charge is 0.508 e. The summed E-state index contributed by atoms with van der Waals surface area (Å²) in [6, 6.07) is 11.6. The molecule has 3 aromatic rings. The molecule has 0 bridgehead atoms. The third-order valence-electron chi connectivity index (χ3n) is 9.85. The van der Waals surface area contributed by atoms with E-state index in [0.717, 1.165) is 47.4 Å². The van der Waals surface area contributed by atoms with E-state index >= 15 is 0 Å². The van der Waals surface area contributed by atoms with Gasteiger partial charge in [-0.15, -0.1) is 36.4 Å². The molecular weight excluding hydrogens is 715 g/mol. The Morgan fingerprint density at radius 2 is 1.55 bits per heavy atom. The number of carbonyl (C=O) groups is 4. The standard InChI is InChI=1S/C34H23Cl3F4N2O6/c1-15-2-5-18(12-24(15)35)42-28(45)21-10-9-20-23(26(21)29(42)46)14-32(36)30(47)43(17-6-3-16(38)4-7-17)31(48)33(32,37)27(20)22-13-19(8-11-25(22)44)49-34(39,40)41/h2-9,11-13,21,23,26-27,44H,10,14H2,1H3/t21-,23+,26-,27+,32+,33-/m0/s1. The highest BCUT2D eigenvalue weighted by molar-refractivity contribution is 6.58. The van der Waals surface area contributed by atoms with E-state index in [-0.39, 0.29) is 28.9 Å². The maximum atomic E-state index is 14.4. The zero-order chi connectivity index (χ0) is 35.4. The van der Waals surface area contributed by atoms with Gasteiger partial charge in [0.15, 0.2) is 9.75 Å². The average Bonchev–Trinajstić information content (AvgIpc) is 3.37. The van der Waals surface area contributed by atoms with Gasteiger partial charge in [-0.05, 0) is 85.8 Å². The normalized spacial score (nSPS) is 29.5. The van der Waals surface area contributed by atoms with E-state index in [1.807, 2.05) is 0 Å². The molecule has 3 aromatic carbocycles. The van der Waals surface area contributed by atoms with Gasteiger partial charge in [-0.2, -0.15) is 0 Å². The number of aromatic hydroxyl groups is 1. The van der Waals surface area contributed by atoms with E-state index in [9.17, 15) is 41.8 Å². The predicted molar refractivity (Wildman–Crippen MR) is 170 cm³/mol. The van der Waals surface area contributed by atoms with Crippen LogP contribution in [0.25, 0.3) is 0 Å². The number of rotatable bonds is 4. The lowest BCUT2D eigenvalue weighted by Crippen LogP contribution is -2.60. The maximum absolute atomic E-state index is 14.4. The molecule has 49 heavy (non-hydrogen) atoms. The second kappa shape index (κ2) is 11.2. The van der Waals surface area contributed by atoms with E-state index in [0.29, 0.717) is 15.5 Å². The molecule has 6 atom stereocenters. The third kappa shape index (κ3) is 4.85. The van der Waals surface area contributed by atoms with Crippen molar-refractivity contribution in [3.05, 3.63) is 94.3 Å². The molecule has 0 aromatic heterocycles. The molecule has 15 heteroatoms. The predicted octanol–water partition coefficient (Wildman–Crippen LogP) is 7.16. The van der Waals surface area contributed by atoms with E-state index in [4.69, 9.17) is 34.8 Å². The molecule has 2 saturated heterocycles. The minimum Gasteiger partial charge on any atom is -0.508 e. The summed E-state index contributed by atoms with van der Waals surface area (Å²) in [6.45, 7) is 1.75. The number of benzene rings is 3. The van der Waals surface area contributed by atoms with Crippen LogP contribution in [0.15, 0.2) is 72.3 Å². The van der Waals surface area contributed by atoms with Crippen LogP contribution in [0.4, 0.5) is 28.9 Å². The molecule has 1 N–H and O–H groups in total. The second-order valence-corrected chi connectivity index (χ2v) is 14.1. The third-order valence-corrected chi connectivity index (χ3v) is 11.7. The summed E-state index contributed by atoms with van der Waals surface area (Å²) in [4.78, 5) is 53.6. The number of phenolic OH excluding ortho intramolecular Hbond substituents is 1. The minimum atomic E-state index is -5.13. The molecule has 4 amide bonds. The lowest BCUT2D eigenvalue weighted by Gasteiger charge is -2.50. The Bertz CT molecular complexity index is 2010. The van der Waals surface area contributed by atoms with Gasteiger partial charge in [-0.25, -0.2) is 14.2 Å². The number of nitrogens with zero attached hydrogens (tertiary/aromatic N) is 2. The molecule has 0 unspecified atom stereocenters. The van der Waals surface area contributed by atoms with Crippen molar-refractivity contribution in [2.24, 2.45) is 17.8 Å². The summed E-state index contributed by atoms with van der Waals surface area (Å²) in [5, 5.41) is 11.4. The van der Waals surface area contributed by atoms with Crippen molar-refractivity contribution in [2.45, 2.75) is 41.8 Å². The van der Waals surface area contributed by atoms with Crippen molar-refractivity contribution in [1.29, 1.82) is 0 Å². The molecule has 4 aliphatic rings. The monoisotopic (exact) mass is 736 g/mol. The summed E-state index contributed by atoms with van der Waals surface area (Å²) in [5.74, 6) is -10.1. The van der Waals surface area contributed by atoms with Crippen LogP contribution in [-0.4, -0.2) is 44.8 Å². The molecule has 2 aliphatic heterocycles. The van der Waals surface area contributed by atoms with Gasteiger partial charge in [0.25, 0.3) is 11.8 Å². The van der Waals surface area contributed by atoms with Crippen molar-refractivity contribution < 1.29 is 46.6 Å². The van der Waals surface area contributed by atoms with Gasteiger partial charge in [0.05, 0.1) is 23.2 Å². The molecular formula is C34H23Cl3F4N2O6. The first-order chi connectivity index (χ1) is 23.0. The molecule has 254 valence electrons. The second-order valence-electron chi connectivity index (χ2n) is 12.5. The van der Waals surface area contributed by atoms with Crippen molar-refractivity contribution in [1.82, 2.24) is 0 Å². The van der Waals surface area contributed by atoms with Gasteiger partial charge in [0, 0.05) is 16.5 Å². The molecule has 7 rings (SSSR count). The first-order valence-electron chi connectivity index (χ1n) is 14.9. The number of phenols is 1. The summed E-state index contributed by atoms with van der Waals surface area (Å²) in [5.41, 5.74) is 0.712. The lowest BCUT2D eigenvalue weighted by atomic mass is 9.56. The fourth-order valence-electron chi connectivity index (χ4n) is 7.68. The Kier molecular flexibility index (Phi) is 7.62. The van der Waals surface area contributed by atoms with Crippen LogP contribution in [0.5, 0.6) is 11.5 Å². The van der Waals surface area contributed by atoms with Gasteiger partial charge in [0.1, 0.15) is 17.3 Å². The maximum Gasteiger partial charge on any atom is 0.573 e. The van der Waals surface area contributed by atoms with Crippen LogP contribution in [0, 0.1) is 30.5 Å². The highest BCUT2D eigenvalue weighted by atomic mass is 35.5. The minimum absolute atomic E-state index is 0.0424. The van der Waals surface area contributed by atoms with E-state index in [2.05, 4.69) is 4.74 Å². The number of amides is 4. The summed E-state index contributed by atoms with van der Waals surface area (Å²) in [7, 11) is 0. The van der Waals surface area contributed by atoms with Gasteiger partial charge in [0.2, 0.25) is 11.8 Å². The molecule has 1 saturated carbocycles.